The quantitative estimate of drug-likeness (QED) is 0.892. The third-order valence-electron chi connectivity index (χ3n) is 2.91. The van der Waals surface area contributed by atoms with Crippen LogP contribution in [0.5, 0.6) is 5.75 Å². The highest BCUT2D eigenvalue weighted by Crippen LogP contribution is 2.24. The van der Waals surface area contributed by atoms with Gasteiger partial charge in [-0.3, -0.25) is 0 Å². The van der Waals surface area contributed by atoms with Crippen molar-refractivity contribution in [1.82, 2.24) is 0 Å². The molecule has 0 aliphatic rings. The molecule has 2 aromatic rings. The van der Waals surface area contributed by atoms with Crippen molar-refractivity contribution in [3.63, 3.8) is 0 Å². The number of halogens is 1. The first kappa shape index (κ1) is 15.4. The van der Waals surface area contributed by atoms with E-state index < -0.39 is 0 Å². The van der Waals surface area contributed by atoms with Crippen LogP contribution in [0.1, 0.15) is 31.2 Å². The van der Waals surface area contributed by atoms with E-state index in [0.717, 1.165) is 22.9 Å². The lowest BCUT2D eigenvalue weighted by Crippen LogP contribution is -2.92. The Hall–Kier alpha value is -1.03. The van der Waals surface area contributed by atoms with E-state index in [4.69, 9.17) is 16.3 Å². The van der Waals surface area contributed by atoms with Crippen LogP contribution in [0.4, 0.5) is 0 Å². The van der Waals surface area contributed by atoms with Crippen molar-refractivity contribution in [2.24, 2.45) is 0 Å². The zero-order chi connectivity index (χ0) is 14.6. The molecule has 0 amide bonds. The maximum absolute atomic E-state index is 6.10. The van der Waals surface area contributed by atoms with Crippen molar-refractivity contribution >= 4 is 22.9 Å². The van der Waals surface area contributed by atoms with Crippen molar-refractivity contribution < 1.29 is 10.1 Å². The minimum Gasteiger partial charge on any atom is -0.488 e. The SMILES string of the molecule is CC(C)(C)[NH2+]Cc1cc(Cl)ccc1OCc1cccs1. The van der Waals surface area contributed by atoms with Crippen LogP contribution in [0.3, 0.4) is 0 Å². The van der Waals surface area contributed by atoms with E-state index in [2.05, 4.69) is 37.5 Å². The highest BCUT2D eigenvalue weighted by molar-refractivity contribution is 7.09. The second-order valence-electron chi connectivity index (χ2n) is 5.89. The smallest absolute Gasteiger partial charge is 0.128 e. The molecule has 1 heterocycles. The van der Waals surface area contributed by atoms with Gasteiger partial charge in [-0.05, 0) is 50.4 Å². The average Bonchev–Trinajstić information content (AvgIpc) is 2.87. The summed E-state index contributed by atoms with van der Waals surface area (Å²) in [7, 11) is 0. The first-order chi connectivity index (χ1) is 9.44. The van der Waals surface area contributed by atoms with Crippen LogP contribution in [-0.2, 0) is 13.2 Å². The van der Waals surface area contributed by atoms with Crippen molar-refractivity contribution in [3.05, 3.63) is 51.2 Å². The fourth-order valence-electron chi connectivity index (χ4n) is 1.81. The molecular formula is C16H21ClNOS+. The largest absolute Gasteiger partial charge is 0.488 e. The Balaban J connectivity index is 2.07. The van der Waals surface area contributed by atoms with Gasteiger partial charge < -0.3 is 10.1 Å². The molecule has 108 valence electrons. The van der Waals surface area contributed by atoms with E-state index in [1.54, 1.807) is 11.3 Å². The Labute approximate surface area is 129 Å². The molecule has 0 radical (unpaired) electrons. The second-order valence-corrected chi connectivity index (χ2v) is 7.36. The molecule has 0 saturated heterocycles. The highest BCUT2D eigenvalue weighted by atomic mass is 35.5. The van der Waals surface area contributed by atoms with Crippen molar-refractivity contribution in [2.45, 2.75) is 39.5 Å². The Kier molecular flexibility index (Phi) is 5.08. The number of hydrogen-bond donors (Lipinski definition) is 1. The number of benzene rings is 1. The van der Waals surface area contributed by atoms with Gasteiger partial charge in [0.15, 0.2) is 0 Å². The van der Waals surface area contributed by atoms with E-state index >= 15 is 0 Å². The Morgan fingerprint density at radius 3 is 2.70 bits per heavy atom. The topological polar surface area (TPSA) is 25.8 Å². The summed E-state index contributed by atoms with van der Waals surface area (Å²) >= 11 is 7.81. The Morgan fingerprint density at radius 2 is 2.05 bits per heavy atom. The van der Waals surface area contributed by atoms with Crippen molar-refractivity contribution in [2.75, 3.05) is 0 Å². The number of ether oxygens (including phenoxy) is 1. The summed E-state index contributed by atoms with van der Waals surface area (Å²) in [6.07, 6.45) is 0. The molecule has 2 nitrogen and oxygen atoms in total. The third kappa shape index (κ3) is 4.82. The average molecular weight is 311 g/mol. The minimum absolute atomic E-state index is 0.188. The minimum atomic E-state index is 0.188. The van der Waals surface area contributed by atoms with Gasteiger partial charge in [-0.1, -0.05) is 17.7 Å². The molecule has 0 spiro atoms. The lowest BCUT2D eigenvalue weighted by molar-refractivity contribution is -0.731. The van der Waals surface area contributed by atoms with Crippen LogP contribution in [0.15, 0.2) is 35.7 Å². The van der Waals surface area contributed by atoms with Crippen LogP contribution in [-0.4, -0.2) is 5.54 Å². The molecule has 0 saturated carbocycles. The number of quaternary nitrogens is 1. The van der Waals surface area contributed by atoms with Gasteiger partial charge in [0, 0.05) is 15.5 Å². The molecule has 1 aromatic heterocycles. The standard InChI is InChI=1S/C16H20ClNOS/c1-16(2,3)18-10-12-9-13(17)6-7-15(12)19-11-14-5-4-8-20-14/h4-9,18H,10-11H2,1-3H3/p+1. The molecule has 0 fully saturated rings. The molecule has 4 heteroatoms. The predicted molar refractivity (Wildman–Crippen MR) is 85.5 cm³/mol. The molecule has 20 heavy (non-hydrogen) atoms. The second kappa shape index (κ2) is 6.61. The molecule has 0 aliphatic heterocycles. The molecule has 1 aromatic carbocycles. The van der Waals surface area contributed by atoms with Crippen LogP contribution in [0.2, 0.25) is 5.02 Å². The summed E-state index contributed by atoms with van der Waals surface area (Å²) in [5.74, 6) is 0.920. The normalized spacial score (nSPS) is 11.6. The Bertz CT molecular complexity index is 546. The van der Waals surface area contributed by atoms with E-state index in [1.165, 1.54) is 4.88 Å². The van der Waals surface area contributed by atoms with Crippen LogP contribution < -0.4 is 10.1 Å². The number of hydrogen-bond acceptors (Lipinski definition) is 2. The summed E-state index contributed by atoms with van der Waals surface area (Å²) in [6, 6.07) is 9.96. The molecule has 0 atom stereocenters. The number of thiophene rings is 1. The fourth-order valence-corrected chi connectivity index (χ4v) is 2.62. The number of rotatable bonds is 5. The maximum atomic E-state index is 6.10. The zero-order valence-electron chi connectivity index (χ0n) is 12.2. The summed E-state index contributed by atoms with van der Waals surface area (Å²) in [5, 5.41) is 5.11. The van der Waals surface area contributed by atoms with Crippen LogP contribution in [0.25, 0.3) is 0 Å². The van der Waals surface area contributed by atoms with Gasteiger partial charge in [0.1, 0.15) is 18.9 Å². The molecule has 2 N–H and O–H groups in total. The van der Waals surface area contributed by atoms with Gasteiger partial charge in [0.25, 0.3) is 0 Å². The van der Waals surface area contributed by atoms with Gasteiger partial charge in [-0.15, -0.1) is 11.3 Å². The number of nitrogens with two attached hydrogens (primary N) is 1. The molecule has 2 rings (SSSR count). The zero-order valence-corrected chi connectivity index (χ0v) is 13.7. The highest BCUT2D eigenvalue weighted by Gasteiger charge is 2.15. The van der Waals surface area contributed by atoms with E-state index in [-0.39, 0.29) is 5.54 Å². The van der Waals surface area contributed by atoms with E-state index in [9.17, 15) is 0 Å². The first-order valence-corrected chi connectivity index (χ1v) is 7.98. The summed E-state index contributed by atoms with van der Waals surface area (Å²) < 4.78 is 5.93. The van der Waals surface area contributed by atoms with Gasteiger partial charge in [0.2, 0.25) is 0 Å². The van der Waals surface area contributed by atoms with E-state index in [0.29, 0.717) is 6.61 Å². The van der Waals surface area contributed by atoms with Crippen LogP contribution in [0, 0.1) is 0 Å². The van der Waals surface area contributed by atoms with Crippen LogP contribution >= 0.6 is 22.9 Å². The monoisotopic (exact) mass is 310 g/mol. The van der Waals surface area contributed by atoms with Crippen molar-refractivity contribution in [3.8, 4) is 5.75 Å². The summed E-state index contributed by atoms with van der Waals surface area (Å²) in [6.45, 7) is 8.07. The molecule has 0 unspecified atom stereocenters. The maximum Gasteiger partial charge on any atom is 0.128 e. The van der Waals surface area contributed by atoms with E-state index in [1.807, 2.05) is 24.3 Å². The summed E-state index contributed by atoms with van der Waals surface area (Å²) in [5.41, 5.74) is 1.33. The molecular weight excluding hydrogens is 290 g/mol. The van der Waals surface area contributed by atoms with Gasteiger partial charge in [-0.2, -0.15) is 0 Å². The lowest BCUT2D eigenvalue weighted by atomic mass is 10.1. The predicted octanol–water partition coefficient (Wildman–Crippen LogP) is 3.84. The first-order valence-electron chi connectivity index (χ1n) is 6.72. The molecule has 0 aliphatic carbocycles. The van der Waals surface area contributed by atoms with Gasteiger partial charge in [0.05, 0.1) is 5.54 Å². The lowest BCUT2D eigenvalue weighted by Gasteiger charge is -2.18. The summed E-state index contributed by atoms with van der Waals surface area (Å²) in [4.78, 5) is 1.23. The Morgan fingerprint density at radius 1 is 1.25 bits per heavy atom. The van der Waals surface area contributed by atoms with Gasteiger partial charge in [-0.25, -0.2) is 0 Å². The van der Waals surface area contributed by atoms with Gasteiger partial charge >= 0.3 is 0 Å². The third-order valence-corrected chi connectivity index (χ3v) is 3.99. The fraction of sp³-hybridized carbons (Fsp3) is 0.375. The van der Waals surface area contributed by atoms with Crippen molar-refractivity contribution in [1.29, 1.82) is 0 Å². The molecule has 0 bridgehead atoms.